The van der Waals surface area contributed by atoms with Gasteiger partial charge in [0.2, 0.25) is 0 Å². The molecule has 0 N–H and O–H groups in total. The predicted molar refractivity (Wildman–Crippen MR) is 135 cm³/mol. The van der Waals surface area contributed by atoms with Crippen molar-refractivity contribution in [2.45, 2.75) is 25.7 Å². The molecule has 0 radical (unpaired) electrons. The third-order valence-corrected chi connectivity index (χ3v) is 9.98. The molecule has 9 aromatic rings. The highest BCUT2D eigenvalue weighted by Crippen LogP contribution is 2.62. The van der Waals surface area contributed by atoms with Crippen molar-refractivity contribution in [1.29, 1.82) is 0 Å². The van der Waals surface area contributed by atoms with E-state index in [-0.39, 0.29) is 0 Å². The summed E-state index contributed by atoms with van der Waals surface area (Å²) < 4.78 is 0. The van der Waals surface area contributed by atoms with Crippen molar-refractivity contribution in [2.24, 2.45) is 0 Å². The Hall–Kier alpha value is -3.64. The Morgan fingerprint density at radius 3 is 1.12 bits per heavy atom. The van der Waals surface area contributed by atoms with Crippen LogP contribution in [0.3, 0.4) is 0 Å². The molecule has 0 atom stereocenters. The molecule has 0 fully saturated rings. The molecule has 0 nitrogen and oxygen atoms in total. The van der Waals surface area contributed by atoms with Crippen molar-refractivity contribution in [2.75, 3.05) is 0 Å². The van der Waals surface area contributed by atoms with Crippen LogP contribution in [0.1, 0.15) is 33.4 Å². The van der Waals surface area contributed by atoms with Crippen LogP contribution in [0.5, 0.6) is 0 Å². The molecule has 0 heterocycles. The van der Waals surface area contributed by atoms with Gasteiger partial charge in [-0.2, -0.15) is 0 Å². The molecule has 0 unspecified atom stereocenters. The molecule has 0 aliphatic heterocycles. The number of hydrogen-bond acceptors (Lipinski definition) is 0. The van der Waals surface area contributed by atoms with Crippen LogP contribution in [0.25, 0.3) is 86.2 Å². The predicted octanol–water partition coefficient (Wildman–Crippen LogP) is 8.01. The summed E-state index contributed by atoms with van der Waals surface area (Å²) in [6.45, 7) is 0. The highest BCUT2D eigenvalue weighted by Gasteiger charge is 2.37. The number of aryl methyl sites for hydroxylation is 2. The van der Waals surface area contributed by atoms with Crippen molar-refractivity contribution >= 4 is 86.2 Å². The van der Waals surface area contributed by atoms with E-state index in [0.29, 0.717) is 0 Å². The van der Waals surface area contributed by atoms with Gasteiger partial charge in [0.05, 0.1) is 0 Å². The molecule has 3 aliphatic carbocycles. The minimum absolute atomic E-state index is 1.11. The van der Waals surface area contributed by atoms with Gasteiger partial charge in [0.1, 0.15) is 0 Å². The molecule has 3 aliphatic rings. The summed E-state index contributed by atoms with van der Waals surface area (Å²) in [6.07, 6.45) is 4.64. The van der Waals surface area contributed by atoms with E-state index in [1.54, 1.807) is 109 Å². The summed E-state index contributed by atoms with van der Waals surface area (Å²) in [7, 11) is 0. The molecule has 0 aromatic heterocycles. The maximum Gasteiger partial charge on any atom is -0.0000272 e. The molecule has 9 aromatic carbocycles. The third kappa shape index (κ3) is 0.998. The molecule has 0 bridgehead atoms. The van der Waals surface area contributed by atoms with Gasteiger partial charge < -0.3 is 0 Å². The average molecular weight is 398 g/mol. The third-order valence-electron chi connectivity index (χ3n) is 9.98. The molecular formula is C32H14. The van der Waals surface area contributed by atoms with Gasteiger partial charge in [-0.3, -0.25) is 0 Å². The SMILES string of the molecule is c1c2c3c4c(cc5c6c7c(cc8ccc9cc%10c%11c(c1C%10)c3c(c46)c1c%11c9c8c71)C5)CC2. The van der Waals surface area contributed by atoms with Crippen molar-refractivity contribution in [3.63, 3.8) is 0 Å². The molecule has 0 saturated heterocycles. The summed E-state index contributed by atoms with van der Waals surface area (Å²) in [4.78, 5) is 0. The van der Waals surface area contributed by atoms with Crippen LogP contribution in [-0.4, -0.2) is 0 Å². The van der Waals surface area contributed by atoms with Crippen molar-refractivity contribution in [3.8, 4) is 0 Å². The van der Waals surface area contributed by atoms with E-state index in [1.807, 2.05) is 0 Å². The van der Waals surface area contributed by atoms with Gasteiger partial charge in [-0.25, -0.2) is 0 Å². The van der Waals surface area contributed by atoms with Crippen LogP contribution in [0.2, 0.25) is 0 Å². The van der Waals surface area contributed by atoms with Crippen LogP contribution in [0.15, 0.2) is 36.4 Å². The topological polar surface area (TPSA) is 0 Å². The van der Waals surface area contributed by atoms with Crippen LogP contribution in [0.4, 0.5) is 0 Å². The molecular weight excluding hydrogens is 384 g/mol. The van der Waals surface area contributed by atoms with E-state index < -0.39 is 0 Å². The summed E-state index contributed by atoms with van der Waals surface area (Å²) >= 11 is 0. The smallest absolute Gasteiger partial charge is 0.0000272 e. The first-order chi connectivity index (χ1) is 15.9. The first-order valence-electron chi connectivity index (χ1n) is 12.1. The van der Waals surface area contributed by atoms with E-state index in [1.165, 1.54) is 23.6 Å². The first kappa shape index (κ1) is 13.7. The fraction of sp³-hybridized carbons (Fsp3) is 0.125. The second-order valence-corrected chi connectivity index (χ2v) is 11.1. The van der Waals surface area contributed by atoms with Crippen molar-refractivity contribution in [1.82, 2.24) is 0 Å². The average Bonchev–Trinajstić information content (AvgIpc) is 3.53. The zero-order valence-electron chi connectivity index (χ0n) is 17.3. The van der Waals surface area contributed by atoms with Gasteiger partial charge in [0.15, 0.2) is 0 Å². The fourth-order valence-corrected chi connectivity index (χ4v) is 9.20. The summed E-state index contributed by atoms with van der Waals surface area (Å²) in [5.74, 6) is 0. The largest absolute Gasteiger partial charge is 0.0542 e. The Balaban J connectivity index is 1.71. The second kappa shape index (κ2) is 3.63. The van der Waals surface area contributed by atoms with E-state index >= 15 is 0 Å². The van der Waals surface area contributed by atoms with E-state index in [4.69, 9.17) is 0 Å². The van der Waals surface area contributed by atoms with Gasteiger partial charge in [-0.1, -0.05) is 36.4 Å². The molecule has 12 rings (SSSR count). The number of rotatable bonds is 0. The Labute approximate surface area is 181 Å². The summed E-state index contributed by atoms with van der Waals surface area (Å²) in [5, 5.41) is 25.4. The lowest BCUT2D eigenvalue weighted by molar-refractivity contribution is 0.964. The van der Waals surface area contributed by atoms with Crippen LogP contribution >= 0.6 is 0 Å². The first-order valence-corrected chi connectivity index (χ1v) is 12.1. The maximum atomic E-state index is 2.60. The van der Waals surface area contributed by atoms with Crippen LogP contribution in [-0.2, 0) is 25.7 Å². The molecule has 0 spiro atoms. The molecule has 32 heavy (non-hydrogen) atoms. The Bertz CT molecular complexity index is 2210. The van der Waals surface area contributed by atoms with Crippen LogP contribution < -0.4 is 0 Å². The Morgan fingerprint density at radius 2 is 0.656 bits per heavy atom. The zero-order chi connectivity index (χ0) is 19.8. The lowest BCUT2D eigenvalue weighted by Gasteiger charge is -2.16. The normalized spacial score (nSPS) is 16.9. The van der Waals surface area contributed by atoms with E-state index in [9.17, 15) is 0 Å². The van der Waals surface area contributed by atoms with Gasteiger partial charge in [-0.15, -0.1) is 0 Å². The summed E-state index contributed by atoms with van der Waals surface area (Å²) in [6, 6.07) is 15.1. The highest BCUT2D eigenvalue weighted by atomic mass is 14.4. The van der Waals surface area contributed by atoms with Crippen molar-refractivity contribution < 1.29 is 0 Å². The quantitative estimate of drug-likeness (QED) is 0.227. The minimum Gasteiger partial charge on any atom is -0.0542 e. The van der Waals surface area contributed by atoms with Gasteiger partial charge in [0.25, 0.3) is 0 Å². The van der Waals surface area contributed by atoms with Gasteiger partial charge >= 0.3 is 0 Å². The highest BCUT2D eigenvalue weighted by molar-refractivity contribution is 6.58. The molecule has 0 amide bonds. The van der Waals surface area contributed by atoms with E-state index in [2.05, 4.69) is 36.4 Å². The standard InChI is InChI=1S/C32H14/c1-2-12-6-16-10-18-8-14-4-3-13-7-17-9-15-5-11(1)19-20(12)28-24(16)26(18)30-22(14)21(13)29-25(17)23(15)27(19)31(28)32(29)30/h1-2,5-8H,3-4,9-10H2. The monoisotopic (exact) mass is 398 g/mol. The lowest BCUT2D eigenvalue weighted by atomic mass is 9.87. The second-order valence-electron chi connectivity index (χ2n) is 11.1. The maximum absolute atomic E-state index is 2.60. The van der Waals surface area contributed by atoms with Gasteiger partial charge in [-0.05, 0) is 145 Å². The Kier molecular flexibility index (Phi) is 1.55. The lowest BCUT2D eigenvalue weighted by Crippen LogP contribution is -2.00. The van der Waals surface area contributed by atoms with Crippen LogP contribution in [0, 0.1) is 0 Å². The molecule has 0 heteroatoms. The van der Waals surface area contributed by atoms with E-state index in [0.717, 1.165) is 12.8 Å². The molecule has 142 valence electrons. The fourth-order valence-electron chi connectivity index (χ4n) is 9.20. The van der Waals surface area contributed by atoms with Gasteiger partial charge in [0, 0.05) is 0 Å². The number of hydrogen-bond donors (Lipinski definition) is 0. The summed E-state index contributed by atoms with van der Waals surface area (Å²) in [5.41, 5.74) is 9.57. The zero-order valence-corrected chi connectivity index (χ0v) is 17.3. The minimum atomic E-state index is 1.11. The number of benzene rings is 7. The van der Waals surface area contributed by atoms with Crippen molar-refractivity contribution in [3.05, 3.63) is 69.8 Å². The molecule has 0 saturated carbocycles. The Morgan fingerprint density at radius 1 is 0.312 bits per heavy atom.